The number of nitrogens with two attached hydrogens (primary N) is 1. The molecular weight excluding hydrogens is 246 g/mol. The Kier molecular flexibility index (Phi) is 4.54. The summed E-state index contributed by atoms with van der Waals surface area (Å²) in [4.78, 5) is 0. The van der Waals surface area contributed by atoms with Crippen molar-refractivity contribution in [3.8, 4) is 0 Å². The normalized spacial score (nSPS) is 15.1. The number of aliphatic hydroxyl groups excluding tert-OH is 2. The molecule has 0 amide bonds. The fourth-order valence-electron chi connectivity index (χ4n) is 1.21. The van der Waals surface area contributed by atoms with Crippen LogP contribution in [0.25, 0.3) is 0 Å². The van der Waals surface area contributed by atoms with Crippen LogP contribution >= 0.6 is 15.9 Å². The quantitative estimate of drug-likeness (QED) is 0.761. The third kappa shape index (κ3) is 3.38. The SMILES string of the molecule is NC(CO)CC(O)c1cccc(Br)c1. The van der Waals surface area contributed by atoms with E-state index in [0.717, 1.165) is 10.0 Å². The highest BCUT2D eigenvalue weighted by atomic mass is 79.9. The molecule has 1 aromatic carbocycles. The van der Waals surface area contributed by atoms with Crippen LogP contribution in [0.3, 0.4) is 0 Å². The number of benzene rings is 1. The summed E-state index contributed by atoms with van der Waals surface area (Å²) in [6, 6.07) is 7.05. The van der Waals surface area contributed by atoms with Gasteiger partial charge in [0.2, 0.25) is 0 Å². The highest BCUT2D eigenvalue weighted by Crippen LogP contribution is 2.21. The largest absolute Gasteiger partial charge is 0.395 e. The Hall–Kier alpha value is -0.420. The van der Waals surface area contributed by atoms with E-state index in [1.165, 1.54) is 0 Å². The Bertz CT molecular complexity index is 293. The summed E-state index contributed by atoms with van der Waals surface area (Å²) in [5.74, 6) is 0. The van der Waals surface area contributed by atoms with E-state index in [2.05, 4.69) is 15.9 Å². The van der Waals surface area contributed by atoms with E-state index in [1.807, 2.05) is 24.3 Å². The minimum Gasteiger partial charge on any atom is -0.395 e. The second-order valence-corrected chi connectivity index (χ2v) is 4.16. The molecule has 2 atom stereocenters. The summed E-state index contributed by atoms with van der Waals surface area (Å²) >= 11 is 3.32. The average molecular weight is 260 g/mol. The van der Waals surface area contributed by atoms with Gasteiger partial charge in [-0.15, -0.1) is 0 Å². The lowest BCUT2D eigenvalue weighted by Crippen LogP contribution is -2.26. The van der Waals surface area contributed by atoms with Crippen LogP contribution in [-0.4, -0.2) is 22.9 Å². The van der Waals surface area contributed by atoms with Gasteiger partial charge in [0.05, 0.1) is 12.7 Å². The maximum absolute atomic E-state index is 9.73. The molecule has 2 unspecified atom stereocenters. The Morgan fingerprint density at radius 2 is 2.14 bits per heavy atom. The Balaban J connectivity index is 2.64. The van der Waals surface area contributed by atoms with Crippen LogP contribution in [0.1, 0.15) is 18.1 Å². The smallest absolute Gasteiger partial charge is 0.0806 e. The van der Waals surface area contributed by atoms with Crippen molar-refractivity contribution >= 4 is 15.9 Å². The second kappa shape index (κ2) is 5.46. The number of aliphatic hydroxyl groups is 2. The zero-order valence-electron chi connectivity index (χ0n) is 7.73. The zero-order valence-corrected chi connectivity index (χ0v) is 9.31. The topological polar surface area (TPSA) is 66.5 Å². The van der Waals surface area contributed by atoms with Crippen molar-refractivity contribution in [2.45, 2.75) is 18.6 Å². The van der Waals surface area contributed by atoms with Crippen LogP contribution in [0.5, 0.6) is 0 Å². The minimum absolute atomic E-state index is 0.106. The van der Waals surface area contributed by atoms with Crippen molar-refractivity contribution in [3.63, 3.8) is 0 Å². The van der Waals surface area contributed by atoms with Gasteiger partial charge in [0.25, 0.3) is 0 Å². The lowest BCUT2D eigenvalue weighted by Gasteiger charge is -2.14. The summed E-state index contributed by atoms with van der Waals surface area (Å²) in [5.41, 5.74) is 6.34. The fourth-order valence-corrected chi connectivity index (χ4v) is 1.63. The Morgan fingerprint density at radius 1 is 1.43 bits per heavy atom. The van der Waals surface area contributed by atoms with Gasteiger partial charge in [0.15, 0.2) is 0 Å². The molecule has 0 aliphatic heterocycles. The van der Waals surface area contributed by atoms with Crippen molar-refractivity contribution in [2.75, 3.05) is 6.61 Å². The number of hydrogen-bond acceptors (Lipinski definition) is 3. The van der Waals surface area contributed by atoms with E-state index in [1.54, 1.807) is 0 Å². The standard InChI is InChI=1S/C10H14BrNO2/c11-8-3-1-2-7(4-8)10(14)5-9(12)6-13/h1-4,9-10,13-14H,5-6,12H2. The minimum atomic E-state index is -0.616. The molecule has 0 heterocycles. The summed E-state index contributed by atoms with van der Waals surface area (Å²) in [6.45, 7) is -0.106. The highest BCUT2D eigenvalue weighted by Gasteiger charge is 2.11. The van der Waals surface area contributed by atoms with Gasteiger partial charge in [-0.2, -0.15) is 0 Å². The summed E-state index contributed by atoms with van der Waals surface area (Å²) < 4.78 is 0.923. The number of hydrogen-bond donors (Lipinski definition) is 3. The first kappa shape index (κ1) is 11.7. The van der Waals surface area contributed by atoms with Crippen LogP contribution in [0, 0.1) is 0 Å². The molecule has 0 fully saturated rings. The van der Waals surface area contributed by atoms with Gasteiger partial charge >= 0.3 is 0 Å². The van der Waals surface area contributed by atoms with E-state index in [9.17, 15) is 5.11 Å². The molecule has 78 valence electrons. The highest BCUT2D eigenvalue weighted by molar-refractivity contribution is 9.10. The van der Waals surface area contributed by atoms with Gasteiger partial charge in [-0.1, -0.05) is 28.1 Å². The summed E-state index contributed by atoms with van der Waals surface area (Å²) in [7, 11) is 0. The van der Waals surface area contributed by atoms with Crippen LogP contribution in [0.15, 0.2) is 28.7 Å². The molecule has 0 radical (unpaired) electrons. The van der Waals surface area contributed by atoms with E-state index >= 15 is 0 Å². The van der Waals surface area contributed by atoms with Crippen molar-refractivity contribution in [1.29, 1.82) is 0 Å². The van der Waals surface area contributed by atoms with Crippen LogP contribution < -0.4 is 5.73 Å². The molecule has 0 saturated carbocycles. The molecule has 4 N–H and O–H groups in total. The molecule has 0 spiro atoms. The lowest BCUT2D eigenvalue weighted by atomic mass is 10.0. The van der Waals surface area contributed by atoms with Crippen molar-refractivity contribution in [1.82, 2.24) is 0 Å². The maximum Gasteiger partial charge on any atom is 0.0806 e. The Morgan fingerprint density at radius 3 is 2.71 bits per heavy atom. The number of halogens is 1. The molecule has 0 aliphatic carbocycles. The predicted molar refractivity (Wildman–Crippen MR) is 58.8 cm³/mol. The van der Waals surface area contributed by atoms with Gasteiger partial charge in [-0.3, -0.25) is 0 Å². The molecule has 1 rings (SSSR count). The second-order valence-electron chi connectivity index (χ2n) is 3.25. The zero-order chi connectivity index (χ0) is 10.6. The van der Waals surface area contributed by atoms with Gasteiger partial charge in [-0.05, 0) is 24.1 Å². The van der Waals surface area contributed by atoms with E-state index in [0.29, 0.717) is 6.42 Å². The van der Waals surface area contributed by atoms with E-state index < -0.39 is 6.10 Å². The van der Waals surface area contributed by atoms with Crippen molar-refractivity contribution in [2.24, 2.45) is 5.73 Å². The van der Waals surface area contributed by atoms with Gasteiger partial charge < -0.3 is 15.9 Å². The Labute approximate surface area is 91.7 Å². The first-order chi connectivity index (χ1) is 6.63. The summed E-state index contributed by atoms with van der Waals surface area (Å²) in [6.07, 6.45) is -0.248. The predicted octanol–water partition coefficient (Wildman–Crippen LogP) is 1.19. The first-order valence-corrected chi connectivity index (χ1v) is 5.22. The molecule has 1 aromatic rings. The molecule has 3 nitrogen and oxygen atoms in total. The molecule has 0 bridgehead atoms. The third-order valence-electron chi connectivity index (χ3n) is 1.99. The van der Waals surface area contributed by atoms with Crippen LogP contribution in [0.2, 0.25) is 0 Å². The van der Waals surface area contributed by atoms with Crippen molar-refractivity contribution < 1.29 is 10.2 Å². The first-order valence-electron chi connectivity index (χ1n) is 4.43. The monoisotopic (exact) mass is 259 g/mol. The van der Waals surface area contributed by atoms with Crippen LogP contribution in [0.4, 0.5) is 0 Å². The van der Waals surface area contributed by atoms with E-state index in [4.69, 9.17) is 10.8 Å². The molecule has 14 heavy (non-hydrogen) atoms. The fraction of sp³-hybridized carbons (Fsp3) is 0.400. The molecule has 4 heteroatoms. The third-order valence-corrected chi connectivity index (χ3v) is 2.49. The summed E-state index contributed by atoms with van der Waals surface area (Å²) in [5, 5.41) is 18.5. The molecule has 0 aliphatic rings. The lowest BCUT2D eigenvalue weighted by molar-refractivity contribution is 0.140. The average Bonchev–Trinajstić information content (AvgIpc) is 2.17. The molecule has 0 saturated heterocycles. The molecular formula is C10H14BrNO2. The van der Waals surface area contributed by atoms with Crippen molar-refractivity contribution in [3.05, 3.63) is 34.3 Å². The van der Waals surface area contributed by atoms with Gasteiger partial charge in [0.1, 0.15) is 0 Å². The van der Waals surface area contributed by atoms with E-state index in [-0.39, 0.29) is 12.6 Å². The number of rotatable bonds is 4. The molecule has 0 aromatic heterocycles. The van der Waals surface area contributed by atoms with Gasteiger partial charge in [0, 0.05) is 10.5 Å². The van der Waals surface area contributed by atoms with Gasteiger partial charge in [-0.25, -0.2) is 0 Å². The van der Waals surface area contributed by atoms with Crippen LogP contribution in [-0.2, 0) is 0 Å². The maximum atomic E-state index is 9.73.